The van der Waals surface area contributed by atoms with E-state index in [0.717, 1.165) is 29.2 Å². The minimum Gasteiger partial charge on any atom is -0.486 e. The fourth-order valence-corrected chi connectivity index (χ4v) is 5.31. The lowest BCUT2D eigenvalue weighted by Gasteiger charge is -2.25. The van der Waals surface area contributed by atoms with Crippen LogP contribution in [-0.4, -0.2) is 45.5 Å². The number of thiophene rings is 1. The van der Waals surface area contributed by atoms with Crippen LogP contribution in [0.2, 0.25) is 0 Å². The Morgan fingerprint density at radius 1 is 1.18 bits per heavy atom. The van der Waals surface area contributed by atoms with E-state index >= 15 is 0 Å². The van der Waals surface area contributed by atoms with Gasteiger partial charge in [0.25, 0.3) is 0 Å². The Morgan fingerprint density at radius 2 is 2.00 bits per heavy atom. The molecule has 0 saturated heterocycles. The van der Waals surface area contributed by atoms with Crippen LogP contribution in [-0.2, 0) is 22.7 Å². The fourth-order valence-electron chi connectivity index (χ4n) is 3.77. The van der Waals surface area contributed by atoms with Crippen LogP contribution in [0.3, 0.4) is 0 Å². The molecular weight excluding hydrogens is 474 g/mol. The third-order valence-corrected chi connectivity index (χ3v) is 7.44. The molecule has 9 nitrogen and oxygen atoms in total. The molecule has 3 aromatic rings. The third kappa shape index (κ3) is 5.20. The second-order valence-corrected chi connectivity index (χ2v) is 10.1. The van der Waals surface area contributed by atoms with Gasteiger partial charge in [0.15, 0.2) is 16.7 Å². The number of thioether (sulfide) groups is 1. The Kier molecular flexibility index (Phi) is 6.73. The number of amides is 2. The summed E-state index contributed by atoms with van der Waals surface area (Å²) in [6, 6.07) is 9.56. The lowest BCUT2D eigenvalue weighted by Crippen LogP contribution is -2.32. The molecule has 0 unspecified atom stereocenters. The molecular formula is C23H25N5O4S2. The lowest BCUT2D eigenvalue weighted by molar-refractivity contribution is -0.118. The highest BCUT2D eigenvalue weighted by Gasteiger charge is 2.31. The Balaban J connectivity index is 1.35. The van der Waals surface area contributed by atoms with E-state index in [-0.39, 0.29) is 24.0 Å². The number of carbonyl (C=O) groups is 2. The number of hydrogen-bond acceptors (Lipinski definition) is 8. The standard InChI is InChI=1S/C23H25N5O4S2/c24-20(29)7-8-27-22(15-3-4-15)25-26-23(27)34-14-21(30)28(13-17-2-1-11-33-17)16-5-6-18-19(12-16)32-10-9-31-18/h1-2,5-6,11-12,15H,3-4,7-10,13-14H2,(H2,24,29). The van der Waals surface area contributed by atoms with Gasteiger partial charge >= 0.3 is 0 Å². The molecule has 2 aliphatic rings. The van der Waals surface area contributed by atoms with Gasteiger partial charge in [0.2, 0.25) is 11.8 Å². The zero-order valence-electron chi connectivity index (χ0n) is 18.5. The van der Waals surface area contributed by atoms with E-state index in [1.54, 1.807) is 16.2 Å². The van der Waals surface area contributed by atoms with Gasteiger partial charge in [-0.3, -0.25) is 9.59 Å². The van der Waals surface area contributed by atoms with E-state index in [0.29, 0.717) is 48.9 Å². The summed E-state index contributed by atoms with van der Waals surface area (Å²) in [6.45, 7) is 1.87. The number of carbonyl (C=O) groups excluding carboxylic acids is 2. The molecule has 1 aliphatic heterocycles. The van der Waals surface area contributed by atoms with Crippen molar-refractivity contribution in [3.8, 4) is 11.5 Å². The normalized spacial score (nSPS) is 14.7. The van der Waals surface area contributed by atoms with Crippen LogP contribution in [0.25, 0.3) is 0 Å². The first-order valence-electron chi connectivity index (χ1n) is 11.1. The molecule has 11 heteroatoms. The predicted octanol–water partition coefficient (Wildman–Crippen LogP) is 3.19. The number of benzene rings is 1. The zero-order chi connectivity index (χ0) is 23.5. The van der Waals surface area contributed by atoms with E-state index < -0.39 is 0 Å². The number of fused-ring (bicyclic) bond motifs is 1. The molecule has 1 aliphatic carbocycles. The van der Waals surface area contributed by atoms with Crippen molar-refractivity contribution in [3.63, 3.8) is 0 Å². The fraction of sp³-hybridized carbons (Fsp3) is 0.391. The lowest BCUT2D eigenvalue weighted by atomic mass is 10.2. The predicted molar refractivity (Wildman–Crippen MR) is 129 cm³/mol. The highest BCUT2D eigenvalue weighted by atomic mass is 32.2. The van der Waals surface area contributed by atoms with Crippen molar-refractivity contribution in [1.82, 2.24) is 14.8 Å². The van der Waals surface area contributed by atoms with Gasteiger partial charge in [-0.1, -0.05) is 17.8 Å². The quantitative estimate of drug-likeness (QED) is 0.426. The van der Waals surface area contributed by atoms with Crippen LogP contribution in [0.5, 0.6) is 11.5 Å². The van der Waals surface area contributed by atoms with Crippen molar-refractivity contribution in [3.05, 3.63) is 46.4 Å². The summed E-state index contributed by atoms with van der Waals surface area (Å²) in [5, 5.41) is 11.3. The monoisotopic (exact) mass is 499 g/mol. The van der Waals surface area contributed by atoms with Crippen molar-refractivity contribution < 1.29 is 19.1 Å². The zero-order valence-corrected chi connectivity index (χ0v) is 20.1. The minimum atomic E-state index is -0.372. The van der Waals surface area contributed by atoms with Crippen LogP contribution in [0, 0.1) is 0 Å². The second-order valence-electron chi connectivity index (χ2n) is 8.16. The van der Waals surface area contributed by atoms with Gasteiger partial charge in [-0.15, -0.1) is 21.5 Å². The van der Waals surface area contributed by atoms with Gasteiger partial charge in [-0.25, -0.2) is 0 Å². The minimum absolute atomic E-state index is 0.0625. The van der Waals surface area contributed by atoms with Crippen LogP contribution >= 0.6 is 23.1 Å². The molecule has 2 amide bonds. The molecule has 0 spiro atoms. The van der Waals surface area contributed by atoms with Crippen molar-refractivity contribution in [2.45, 2.75) is 43.4 Å². The molecule has 0 atom stereocenters. The van der Waals surface area contributed by atoms with Gasteiger partial charge < -0.3 is 24.7 Å². The topological polar surface area (TPSA) is 113 Å². The van der Waals surface area contributed by atoms with Crippen molar-refractivity contribution in [2.75, 3.05) is 23.9 Å². The average molecular weight is 500 g/mol. The molecule has 3 heterocycles. The molecule has 1 saturated carbocycles. The summed E-state index contributed by atoms with van der Waals surface area (Å²) in [6.07, 6.45) is 2.34. The Morgan fingerprint density at radius 3 is 2.74 bits per heavy atom. The van der Waals surface area contributed by atoms with Crippen molar-refractivity contribution >= 4 is 40.6 Å². The Bertz CT molecular complexity index is 1180. The summed E-state index contributed by atoms with van der Waals surface area (Å²) < 4.78 is 13.3. The number of primary amides is 1. The van der Waals surface area contributed by atoms with E-state index in [1.807, 2.05) is 40.3 Å². The van der Waals surface area contributed by atoms with E-state index in [1.165, 1.54) is 11.8 Å². The maximum Gasteiger partial charge on any atom is 0.237 e. The number of ether oxygens (including phenoxy) is 2. The number of anilines is 1. The number of hydrogen-bond donors (Lipinski definition) is 1. The largest absolute Gasteiger partial charge is 0.486 e. The van der Waals surface area contributed by atoms with Crippen molar-refractivity contribution in [1.29, 1.82) is 0 Å². The molecule has 1 fully saturated rings. The first-order valence-corrected chi connectivity index (χ1v) is 13.0. The van der Waals surface area contributed by atoms with E-state index in [4.69, 9.17) is 15.2 Å². The molecule has 2 aromatic heterocycles. The molecule has 0 radical (unpaired) electrons. The third-order valence-electron chi connectivity index (χ3n) is 5.63. The van der Waals surface area contributed by atoms with Crippen LogP contribution in [0.1, 0.15) is 35.9 Å². The van der Waals surface area contributed by atoms with Gasteiger partial charge in [-0.2, -0.15) is 0 Å². The van der Waals surface area contributed by atoms with Gasteiger partial charge in [0.05, 0.1) is 12.3 Å². The van der Waals surface area contributed by atoms with Crippen molar-refractivity contribution in [2.24, 2.45) is 5.73 Å². The highest BCUT2D eigenvalue weighted by molar-refractivity contribution is 7.99. The van der Waals surface area contributed by atoms with Crippen LogP contribution in [0.4, 0.5) is 5.69 Å². The summed E-state index contributed by atoms with van der Waals surface area (Å²) in [4.78, 5) is 27.6. The number of rotatable bonds is 10. The van der Waals surface area contributed by atoms with E-state index in [2.05, 4.69) is 10.2 Å². The SMILES string of the molecule is NC(=O)CCn1c(SCC(=O)N(Cc2cccs2)c2ccc3c(c2)OCCO3)nnc1C1CC1. The second kappa shape index (κ2) is 10.1. The Labute approximate surface area is 205 Å². The maximum absolute atomic E-state index is 13.4. The molecule has 178 valence electrons. The summed E-state index contributed by atoms with van der Waals surface area (Å²) in [5.41, 5.74) is 6.11. The first-order chi connectivity index (χ1) is 16.6. The number of nitrogens with two attached hydrogens (primary N) is 1. The number of nitrogens with zero attached hydrogens (tertiary/aromatic N) is 4. The molecule has 2 N–H and O–H groups in total. The molecule has 5 rings (SSSR count). The van der Waals surface area contributed by atoms with Gasteiger partial charge in [0, 0.05) is 35.5 Å². The first kappa shape index (κ1) is 22.7. The molecule has 34 heavy (non-hydrogen) atoms. The van der Waals surface area contributed by atoms with Gasteiger partial charge in [0.1, 0.15) is 19.0 Å². The molecule has 0 bridgehead atoms. The average Bonchev–Trinajstić information content (AvgIpc) is 3.40. The van der Waals surface area contributed by atoms with Gasteiger partial charge in [-0.05, 0) is 36.4 Å². The summed E-state index contributed by atoms with van der Waals surface area (Å²) in [7, 11) is 0. The maximum atomic E-state index is 13.4. The summed E-state index contributed by atoms with van der Waals surface area (Å²) in [5.74, 6) is 2.32. The summed E-state index contributed by atoms with van der Waals surface area (Å²) >= 11 is 2.94. The molecule has 1 aromatic carbocycles. The van der Waals surface area contributed by atoms with E-state index in [9.17, 15) is 9.59 Å². The van der Waals surface area contributed by atoms with Crippen LogP contribution in [0.15, 0.2) is 40.9 Å². The van der Waals surface area contributed by atoms with Crippen LogP contribution < -0.4 is 20.1 Å². The highest BCUT2D eigenvalue weighted by Crippen LogP contribution is 2.40. The number of aromatic nitrogens is 3. The Hall–Kier alpha value is -3.05. The smallest absolute Gasteiger partial charge is 0.237 e.